The van der Waals surface area contributed by atoms with Crippen molar-refractivity contribution in [1.82, 2.24) is 0 Å². The lowest BCUT2D eigenvalue weighted by Crippen LogP contribution is -2.13. The second kappa shape index (κ2) is 8.57. The van der Waals surface area contributed by atoms with E-state index >= 15 is 0 Å². The number of carbonyl (C=O) groups excluding carboxylic acids is 1. The highest BCUT2D eigenvalue weighted by atomic mass is 16.5. The first kappa shape index (κ1) is 15.4. The zero-order valence-electron chi connectivity index (χ0n) is 11.1. The quantitative estimate of drug-likeness (QED) is 0.514. The molecule has 0 unspecified atom stereocenters. The molecule has 96 valence electrons. The minimum atomic E-state index is -0.0583. The van der Waals surface area contributed by atoms with Crippen LogP contribution in [0.5, 0.6) is 0 Å². The summed E-state index contributed by atoms with van der Waals surface area (Å²) in [5, 5.41) is 0. The van der Waals surface area contributed by atoms with Gasteiger partial charge in [0.05, 0.1) is 6.61 Å². The number of carbonyl (C=O) groups is 1. The average Bonchev–Trinajstić information content (AvgIpc) is 2.15. The molecule has 0 aliphatic carbocycles. The van der Waals surface area contributed by atoms with Crippen molar-refractivity contribution in [2.45, 2.75) is 59.3 Å². The number of unbranched alkanes of at least 4 members (excludes halogenated alkanes) is 3. The summed E-state index contributed by atoms with van der Waals surface area (Å²) in [6.45, 7) is 7.73. The Morgan fingerprint density at radius 3 is 2.31 bits per heavy atom. The van der Waals surface area contributed by atoms with Gasteiger partial charge in [-0.1, -0.05) is 33.6 Å². The standard InChI is InChI=1S/C13H27NO2/c1-13(2,3)9-11-16-12(15)8-6-4-5-7-10-14/h4-11,14H2,1-3H3. The lowest BCUT2D eigenvalue weighted by atomic mass is 9.93. The van der Waals surface area contributed by atoms with Gasteiger partial charge in [0.1, 0.15) is 0 Å². The summed E-state index contributed by atoms with van der Waals surface area (Å²) in [5.74, 6) is -0.0583. The molecule has 0 saturated heterocycles. The Balaban J connectivity index is 3.32. The Kier molecular flexibility index (Phi) is 8.26. The van der Waals surface area contributed by atoms with E-state index in [9.17, 15) is 4.79 Å². The van der Waals surface area contributed by atoms with E-state index in [2.05, 4.69) is 20.8 Å². The van der Waals surface area contributed by atoms with Crippen molar-refractivity contribution in [3.05, 3.63) is 0 Å². The monoisotopic (exact) mass is 229 g/mol. The number of esters is 1. The average molecular weight is 229 g/mol. The van der Waals surface area contributed by atoms with Crippen LogP contribution in [0, 0.1) is 5.41 Å². The fourth-order valence-corrected chi connectivity index (χ4v) is 1.31. The predicted molar refractivity (Wildman–Crippen MR) is 67.2 cm³/mol. The van der Waals surface area contributed by atoms with E-state index in [-0.39, 0.29) is 11.4 Å². The number of ether oxygens (including phenoxy) is 1. The van der Waals surface area contributed by atoms with Crippen molar-refractivity contribution in [2.24, 2.45) is 11.1 Å². The number of nitrogens with two attached hydrogens (primary N) is 1. The van der Waals surface area contributed by atoms with Crippen molar-refractivity contribution in [3.8, 4) is 0 Å². The molecule has 0 fully saturated rings. The van der Waals surface area contributed by atoms with Gasteiger partial charge in [0.2, 0.25) is 0 Å². The van der Waals surface area contributed by atoms with Crippen LogP contribution in [0.15, 0.2) is 0 Å². The molecule has 2 N–H and O–H groups in total. The maximum Gasteiger partial charge on any atom is 0.305 e. The molecule has 0 heterocycles. The van der Waals surface area contributed by atoms with Crippen molar-refractivity contribution < 1.29 is 9.53 Å². The first-order chi connectivity index (χ1) is 7.45. The van der Waals surface area contributed by atoms with Crippen LogP contribution < -0.4 is 5.73 Å². The van der Waals surface area contributed by atoms with Crippen LogP contribution in [0.3, 0.4) is 0 Å². The zero-order chi connectivity index (χ0) is 12.4. The van der Waals surface area contributed by atoms with Crippen LogP contribution >= 0.6 is 0 Å². The summed E-state index contributed by atoms with van der Waals surface area (Å²) in [4.78, 5) is 11.3. The normalized spacial score (nSPS) is 11.5. The van der Waals surface area contributed by atoms with Gasteiger partial charge in [0, 0.05) is 6.42 Å². The van der Waals surface area contributed by atoms with E-state index < -0.39 is 0 Å². The Hall–Kier alpha value is -0.570. The minimum absolute atomic E-state index is 0.0583. The highest BCUT2D eigenvalue weighted by Gasteiger charge is 2.11. The molecule has 0 aliphatic heterocycles. The van der Waals surface area contributed by atoms with Gasteiger partial charge in [0.15, 0.2) is 0 Å². The van der Waals surface area contributed by atoms with Gasteiger partial charge in [-0.15, -0.1) is 0 Å². The third-order valence-electron chi connectivity index (χ3n) is 2.45. The summed E-state index contributed by atoms with van der Waals surface area (Å²) >= 11 is 0. The van der Waals surface area contributed by atoms with Gasteiger partial charge in [-0.05, 0) is 31.2 Å². The third kappa shape index (κ3) is 11.5. The van der Waals surface area contributed by atoms with E-state index in [4.69, 9.17) is 10.5 Å². The zero-order valence-corrected chi connectivity index (χ0v) is 11.1. The van der Waals surface area contributed by atoms with Crippen molar-refractivity contribution >= 4 is 5.97 Å². The molecule has 0 aromatic heterocycles. The van der Waals surface area contributed by atoms with Crippen LogP contribution in [0.2, 0.25) is 0 Å². The fraction of sp³-hybridized carbons (Fsp3) is 0.923. The number of rotatable bonds is 8. The summed E-state index contributed by atoms with van der Waals surface area (Å²) in [6.07, 6.45) is 5.64. The Labute approximate surface area is 99.7 Å². The molecule has 0 aliphatic rings. The Morgan fingerprint density at radius 2 is 1.75 bits per heavy atom. The lowest BCUT2D eigenvalue weighted by Gasteiger charge is -2.17. The molecule has 0 aromatic rings. The molecule has 0 atom stereocenters. The number of hydrogen-bond acceptors (Lipinski definition) is 3. The van der Waals surface area contributed by atoms with Gasteiger partial charge in [-0.3, -0.25) is 4.79 Å². The summed E-state index contributed by atoms with van der Waals surface area (Å²) in [6, 6.07) is 0. The van der Waals surface area contributed by atoms with Gasteiger partial charge < -0.3 is 10.5 Å². The molecule has 0 aromatic carbocycles. The second-order valence-corrected chi connectivity index (χ2v) is 5.48. The molecule has 0 radical (unpaired) electrons. The van der Waals surface area contributed by atoms with E-state index in [1.165, 1.54) is 0 Å². The van der Waals surface area contributed by atoms with Gasteiger partial charge in [-0.2, -0.15) is 0 Å². The van der Waals surface area contributed by atoms with Gasteiger partial charge >= 0.3 is 5.97 Å². The molecular formula is C13H27NO2. The first-order valence-electron chi connectivity index (χ1n) is 6.31. The molecule has 3 heteroatoms. The third-order valence-corrected chi connectivity index (χ3v) is 2.45. The van der Waals surface area contributed by atoms with E-state index in [0.29, 0.717) is 13.0 Å². The molecule has 0 saturated carbocycles. The number of hydrogen-bond donors (Lipinski definition) is 1. The molecular weight excluding hydrogens is 202 g/mol. The molecule has 16 heavy (non-hydrogen) atoms. The van der Waals surface area contributed by atoms with E-state index in [1.807, 2.05) is 0 Å². The van der Waals surface area contributed by atoms with Crippen molar-refractivity contribution in [2.75, 3.05) is 13.2 Å². The Morgan fingerprint density at radius 1 is 1.12 bits per heavy atom. The maximum absolute atomic E-state index is 11.3. The molecule has 0 spiro atoms. The summed E-state index contributed by atoms with van der Waals surface area (Å²) < 4.78 is 5.16. The van der Waals surface area contributed by atoms with Crippen LogP contribution in [0.1, 0.15) is 59.3 Å². The SMILES string of the molecule is CC(C)(C)CCOC(=O)CCCCCCN. The topological polar surface area (TPSA) is 52.3 Å². The van der Waals surface area contributed by atoms with E-state index in [1.54, 1.807) is 0 Å². The molecule has 0 rings (SSSR count). The van der Waals surface area contributed by atoms with Gasteiger partial charge in [0.25, 0.3) is 0 Å². The first-order valence-corrected chi connectivity index (χ1v) is 6.31. The Bertz CT molecular complexity index is 185. The van der Waals surface area contributed by atoms with Crippen LogP contribution in [0.25, 0.3) is 0 Å². The van der Waals surface area contributed by atoms with Crippen molar-refractivity contribution in [3.63, 3.8) is 0 Å². The smallest absolute Gasteiger partial charge is 0.305 e. The van der Waals surface area contributed by atoms with Gasteiger partial charge in [-0.25, -0.2) is 0 Å². The summed E-state index contributed by atoms with van der Waals surface area (Å²) in [5.41, 5.74) is 5.62. The predicted octanol–water partition coefficient (Wildman–Crippen LogP) is 2.88. The molecule has 0 amide bonds. The molecule has 0 bridgehead atoms. The fourth-order valence-electron chi connectivity index (χ4n) is 1.31. The van der Waals surface area contributed by atoms with Crippen molar-refractivity contribution in [1.29, 1.82) is 0 Å². The second-order valence-electron chi connectivity index (χ2n) is 5.48. The van der Waals surface area contributed by atoms with E-state index in [0.717, 1.165) is 38.6 Å². The largest absolute Gasteiger partial charge is 0.466 e. The highest BCUT2D eigenvalue weighted by Crippen LogP contribution is 2.18. The highest BCUT2D eigenvalue weighted by molar-refractivity contribution is 5.69. The van der Waals surface area contributed by atoms with Crippen LogP contribution in [0.4, 0.5) is 0 Å². The minimum Gasteiger partial charge on any atom is -0.466 e. The summed E-state index contributed by atoms with van der Waals surface area (Å²) in [7, 11) is 0. The maximum atomic E-state index is 11.3. The van der Waals surface area contributed by atoms with Crippen LogP contribution in [-0.2, 0) is 9.53 Å². The molecule has 3 nitrogen and oxygen atoms in total. The lowest BCUT2D eigenvalue weighted by molar-refractivity contribution is -0.144. The van der Waals surface area contributed by atoms with Crippen LogP contribution in [-0.4, -0.2) is 19.1 Å².